The summed E-state index contributed by atoms with van der Waals surface area (Å²) in [6.07, 6.45) is 2.65. The van der Waals surface area contributed by atoms with Crippen LogP contribution in [0.1, 0.15) is 25.3 Å². The number of rotatable bonds is 4. The van der Waals surface area contributed by atoms with Crippen LogP contribution in [-0.2, 0) is 0 Å². The lowest BCUT2D eigenvalue weighted by molar-refractivity contribution is 0.586. The second-order valence-electron chi connectivity index (χ2n) is 4.67. The molecule has 0 aliphatic carbocycles. The van der Waals surface area contributed by atoms with Crippen molar-refractivity contribution in [1.29, 1.82) is 0 Å². The first-order chi connectivity index (χ1) is 7.79. The molecular weight excluding hydrogens is 196 g/mol. The predicted octanol–water partition coefficient (Wildman–Crippen LogP) is 2.57. The molecule has 1 aromatic rings. The third-order valence-corrected chi connectivity index (χ3v) is 3.38. The maximum absolute atomic E-state index is 3.56. The molecule has 1 aromatic carbocycles. The minimum atomic E-state index is 0.682. The van der Waals surface area contributed by atoms with Crippen molar-refractivity contribution >= 4 is 5.69 Å². The number of nitrogens with one attached hydrogen (secondary N) is 1. The molecule has 16 heavy (non-hydrogen) atoms. The monoisotopic (exact) mass is 218 g/mol. The van der Waals surface area contributed by atoms with Crippen molar-refractivity contribution in [3.8, 4) is 0 Å². The van der Waals surface area contributed by atoms with Gasteiger partial charge in [0.1, 0.15) is 0 Å². The van der Waals surface area contributed by atoms with Crippen molar-refractivity contribution in [2.75, 3.05) is 24.5 Å². The first kappa shape index (κ1) is 11.5. The van der Waals surface area contributed by atoms with Gasteiger partial charge < -0.3 is 10.2 Å². The zero-order valence-corrected chi connectivity index (χ0v) is 10.4. The highest BCUT2D eigenvalue weighted by Gasteiger charge is 2.17. The van der Waals surface area contributed by atoms with Crippen molar-refractivity contribution in [1.82, 2.24) is 5.32 Å². The fourth-order valence-corrected chi connectivity index (χ4v) is 2.35. The summed E-state index contributed by atoms with van der Waals surface area (Å²) in [5, 5.41) is 3.56. The zero-order chi connectivity index (χ0) is 11.4. The van der Waals surface area contributed by atoms with E-state index in [-0.39, 0.29) is 0 Å². The van der Waals surface area contributed by atoms with Crippen LogP contribution in [0.5, 0.6) is 0 Å². The molecule has 2 rings (SSSR count). The highest BCUT2D eigenvalue weighted by atomic mass is 15.2. The van der Waals surface area contributed by atoms with Crippen LogP contribution >= 0.6 is 0 Å². The van der Waals surface area contributed by atoms with E-state index in [9.17, 15) is 0 Å². The van der Waals surface area contributed by atoms with E-state index in [0.29, 0.717) is 6.04 Å². The summed E-state index contributed by atoms with van der Waals surface area (Å²) in [4.78, 5) is 2.46. The van der Waals surface area contributed by atoms with E-state index in [1.165, 1.54) is 30.6 Å². The van der Waals surface area contributed by atoms with Crippen LogP contribution in [0.3, 0.4) is 0 Å². The molecule has 88 valence electrons. The van der Waals surface area contributed by atoms with Crippen molar-refractivity contribution in [3.63, 3.8) is 0 Å². The quantitative estimate of drug-likeness (QED) is 0.835. The van der Waals surface area contributed by atoms with Gasteiger partial charge in [-0.05, 0) is 45.4 Å². The third kappa shape index (κ3) is 2.76. The third-order valence-electron chi connectivity index (χ3n) is 3.38. The molecule has 1 aliphatic heterocycles. The van der Waals surface area contributed by atoms with Gasteiger partial charge >= 0.3 is 0 Å². The average molecular weight is 218 g/mol. The average Bonchev–Trinajstić information content (AvgIpc) is 2.80. The van der Waals surface area contributed by atoms with Crippen LogP contribution in [0.15, 0.2) is 24.3 Å². The molecule has 2 nitrogen and oxygen atoms in total. The van der Waals surface area contributed by atoms with E-state index < -0.39 is 0 Å². The standard InChI is InChI=1S/C14H22N2/c1-3-16(11-13-5-4-10-15-13)14-8-6-12(2)7-9-14/h6-9,13,15H,3-5,10-11H2,1-2H3/t13-/m1/s1. The molecule has 0 saturated carbocycles. The molecule has 0 aromatic heterocycles. The van der Waals surface area contributed by atoms with Gasteiger partial charge in [0.25, 0.3) is 0 Å². The Labute approximate surface area is 98.7 Å². The molecule has 1 atom stereocenters. The van der Waals surface area contributed by atoms with Crippen LogP contribution in [0.25, 0.3) is 0 Å². The molecule has 0 bridgehead atoms. The Hall–Kier alpha value is -1.02. The first-order valence-electron chi connectivity index (χ1n) is 6.34. The van der Waals surface area contributed by atoms with E-state index in [4.69, 9.17) is 0 Å². The summed E-state index contributed by atoms with van der Waals surface area (Å²) in [6, 6.07) is 9.53. The van der Waals surface area contributed by atoms with Crippen LogP contribution < -0.4 is 10.2 Å². The summed E-state index contributed by atoms with van der Waals surface area (Å²) in [5.74, 6) is 0. The van der Waals surface area contributed by atoms with Gasteiger partial charge in [0, 0.05) is 24.8 Å². The first-order valence-corrected chi connectivity index (χ1v) is 6.34. The van der Waals surface area contributed by atoms with Gasteiger partial charge in [0.05, 0.1) is 0 Å². The van der Waals surface area contributed by atoms with Crippen LogP contribution in [-0.4, -0.2) is 25.7 Å². The topological polar surface area (TPSA) is 15.3 Å². The number of anilines is 1. The number of aryl methyl sites for hydroxylation is 1. The van der Waals surface area contributed by atoms with Gasteiger partial charge in [-0.1, -0.05) is 17.7 Å². The minimum Gasteiger partial charge on any atom is -0.370 e. The molecule has 1 N–H and O–H groups in total. The zero-order valence-electron chi connectivity index (χ0n) is 10.4. The Morgan fingerprint density at radius 2 is 2.06 bits per heavy atom. The SMILES string of the molecule is CCN(C[C@H]1CCCN1)c1ccc(C)cc1. The molecule has 0 radical (unpaired) electrons. The molecule has 0 spiro atoms. The van der Waals surface area contributed by atoms with Gasteiger partial charge in [0.2, 0.25) is 0 Å². The molecule has 0 unspecified atom stereocenters. The number of nitrogens with zero attached hydrogens (tertiary/aromatic N) is 1. The molecule has 1 heterocycles. The Morgan fingerprint density at radius 3 is 2.62 bits per heavy atom. The number of likely N-dealkylation sites (N-methyl/N-ethyl adjacent to an activating group) is 1. The highest BCUT2D eigenvalue weighted by Crippen LogP contribution is 2.17. The number of hydrogen-bond donors (Lipinski definition) is 1. The minimum absolute atomic E-state index is 0.682. The summed E-state index contributed by atoms with van der Waals surface area (Å²) in [7, 11) is 0. The van der Waals surface area contributed by atoms with Crippen LogP contribution in [0.2, 0.25) is 0 Å². The van der Waals surface area contributed by atoms with Crippen molar-refractivity contribution in [3.05, 3.63) is 29.8 Å². The molecule has 0 amide bonds. The molecule has 1 fully saturated rings. The smallest absolute Gasteiger partial charge is 0.0366 e. The Kier molecular flexibility index (Phi) is 3.83. The molecular formula is C14H22N2. The molecule has 2 heteroatoms. The van der Waals surface area contributed by atoms with Crippen LogP contribution in [0, 0.1) is 6.92 Å². The second kappa shape index (κ2) is 5.35. The summed E-state index contributed by atoms with van der Waals surface area (Å²) in [5.41, 5.74) is 2.68. The van der Waals surface area contributed by atoms with E-state index in [0.717, 1.165) is 13.1 Å². The fourth-order valence-electron chi connectivity index (χ4n) is 2.35. The molecule has 1 saturated heterocycles. The maximum Gasteiger partial charge on any atom is 0.0366 e. The fraction of sp³-hybridized carbons (Fsp3) is 0.571. The predicted molar refractivity (Wildman–Crippen MR) is 70.1 cm³/mol. The Bertz CT molecular complexity index is 312. The van der Waals surface area contributed by atoms with Crippen molar-refractivity contribution < 1.29 is 0 Å². The summed E-state index contributed by atoms with van der Waals surface area (Å²) < 4.78 is 0. The Morgan fingerprint density at radius 1 is 1.31 bits per heavy atom. The number of hydrogen-bond acceptors (Lipinski definition) is 2. The lowest BCUT2D eigenvalue weighted by atomic mass is 10.1. The van der Waals surface area contributed by atoms with Gasteiger partial charge in [-0.3, -0.25) is 0 Å². The second-order valence-corrected chi connectivity index (χ2v) is 4.67. The molecule has 1 aliphatic rings. The summed E-state index contributed by atoms with van der Waals surface area (Å²) in [6.45, 7) is 7.78. The van der Waals surface area contributed by atoms with E-state index in [1.54, 1.807) is 0 Å². The van der Waals surface area contributed by atoms with Gasteiger partial charge in [-0.25, -0.2) is 0 Å². The highest BCUT2D eigenvalue weighted by molar-refractivity contribution is 5.47. The maximum atomic E-state index is 3.56. The summed E-state index contributed by atoms with van der Waals surface area (Å²) >= 11 is 0. The lowest BCUT2D eigenvalue weighted by Gasteiger charge is -2.26. The van der Waals surface area contributed by atoms with Crippen molar-refractivity contribution in [2.45, 2.75) is 32.7 Å². The number of benzene rings is 1. The van der Waals surface area contributed by atoms with Crippen LogP contribution in [0.4, 0.5) is 5.69 Å². The van der Waals surface area contributed by atoms with Crippen molar-refractivity contribution in [2.24, 2.45) is 0 Å². The van der Waals surface area contributed by atoms with Gasteiger partial charge in [-0.2, -0.15) is 0 Å². The largest absolute Gasteiger partial charge is 0.370 e. The van der Waals surface area contributed by atoms with Gasteiger partial charge in [-0.15, -0.1) is 0 Å². The van der Waals surface area contributed by atoms with Gasteiger partial charge in [0.15, 0.2) is 0 Å². The normalized spacial score (nSPS) is 20.0. The lowest BCUT2D eigenvalue weighted by Crippen LogP contribution is -2.37. The van der Waals surface area contributed by atoms with E-state index in [1.807, 2.05) is 0 Å². The van der Waals surface area contributed by atoms with E-state index in [2.05, 4.69) is 48.3 Å². The Balaban J connectivity index is 2.00. The van der Waals surface area contributed by atoms with E-state index >= 15 is 0 Å².